The summed E-state index contributed by atoms with van der Waals surface area (Å²) in [5, 5.41) is 7.00. The van der Waals surface area contributed by atoms with Crippen LogP contribution in [0, 0.1) is 0 Å². The summed E-state index contributed by atoms with van der Waals surface area (Å²) in [6.45, 7) is 2.82. The molecule has 6 nitrogen and oxygen atoms in total. The number of hydrogen-bond donors (Lipinski definition) is 2. The molecule has 0 spiro atoms. The molecule has 0 radical (unpaired) electrons. The molecule has 2 aliphatic rings. The van der Waals surface area contributed by atoms with Crippen molar-refractivity contribution in [3.05, 3.63) is 96.1 Å². The van der Waals surface area contributed by atoms with E-state index in [0.717, 1.165) is 37.3 Å². The monoisotopic (exact) mass is 454 g/mol. The molecular weight excluding hydrogens is 424 g/mol. The number of rotatable bonds is 6. The lowest BCUT2D eigenvalue weighted by molar-refractivity contribution is 0.0779. The molecule has 2 N–H and O–H groups in total. The molecule has 2 atom stereocenters. The Morgan fingerprint density at radius 3 is 1.35 bits per heavy atom. The summed E-state index contributed by atoms with van der Waals surface area (Å²) < 4.78 is 0. The molecule has 0 saturated carbocycles. The molecule has 2 unspecified atom stereocenters. The average Bonchev–Trinajstić information content (AvgIpc) is 3.54. The fourth-order valence-corrected chi connectivity index (χ4v) is 4.79. The van der Waals surface area contributed by atoms with Gasteiger partial charge in [0.1, 0.15) is 0 Å². The largest absolute Gasteiger partial charge is 0.380 e. The highest BCUT2D eigenvalue weighted by atomic mass is 16.2. The number of nitrogens with zero attached hydrogens (tertiary/aromatic N) is 2. The standard InChI is InChI=1S/C28H30N4O2/c33-27(31-17-15-25(19-31)29-23-7-3-1-4-8-23)21-11-13-22(14-12-21)28(34)32-18-16-26(20-32)30-24-9-5-2-6-10-24/h1-14,25-26,29-30H,15-20H2. The van der Waals surface area contributed by atoms with E-state index in [1.54, 1.807) is 24.3 Å². The molecule has 0 bridgehead atoms. The van der Waals surface area contributed by atoms with Crippen LogP contribution < -0.4 is 10.6 Å². The van der Waals surface area contributed by atoms with Crippen LogP contribution in [0.3, 0.4) is 0 Å². The fraction of sp³-hybridized carbons (Fsp3) is 0.286. The van der Waals surface area contributed by atoms with Crippen LogP contribution in [0.4, 0.5) is 11.4 Å². The molecule has 0 aliphatic carbocycles. The van der Waals surface area contributed by atoms with Crippen molar-refractivity contribution in [1.29, 1.82) is 0 Å². The van der Waals surface area contributed by atoms with Gasteiger partial charge in [-0.15, -0.1) is 0 Å². The quantitative estimate of drug-likeness (QED) is 0.582. The Morgan fingerprint density at radius 1 is 0.588 bits per heavy atom. The summed E-state index contributed by atoms with van der Waals surface area (Å²) in [6.07, 6.45) is 1.84. The zero-order valence-electron chi connectivity index (χ0n) is 19.2. The number of anilines is 2. The van der Waals surface area contributed by atoms with Gasteiger partial charge >= 0.3 is 0 Å². The third-order valence-electron chi connectivity index (χ3n) is 6.62. The summed E-state index contributed by atoms with van der Waals surface area (Å²) in [5.74, 6) is 0.0364. The van der Waals surface area contributed by atoms with E-state index in [4.69, 9.17) is 0 Å². The molecule has 3 aromatic rings. The van der Waals surface area contributed by atoms with E-state index < -0.39 is 0 Å². The number of carbonyl (C=O) groups excluding carboxylic acids is 2. The van der Waals surface area contributed by atoms with Gasteiger partial charge in [-0.25, -0.2) is 0 Å². The van der Waals surface area contributed by atoms with Gasteiger partial charge in [0.25, 0.3) is 11.8 Å². The second kappa shape index (κ2) is 10.00. The number of para-hydroxylation sites is 2. The van der Waals surface area contributed by atoms with Crippen molar-refractivity contribution in [2.45, 2.75) is 24.9 Å². The van der Waals surface area contributed by atoms with E-state index >= 15 is 0 Å². The smallest absolute Gasteiger partial charge is 0.253 e. The molecule has 2 heterocycles. The highest BCUT2D eigenvalue weighted by Crippen LogP contribution is 2.20. The van der Waals surface area contributed by atoms with Crippen LogP contribution in [0.2, 0.25) is 0 Å². The van der Waals surface area contributed by atoms with Crippen LogP contribution in [-0.4, -0.2) is 59.9 Å². The van der Waals surface area contributed by atoms with Crippen LogP contribution in [0.5, 0.6) is 0 Å². The summed E-state index contributed by atoms with van der Waals surface area (Å²) in [5.41, 5.74) is 3.41. The first kappa shape index (κ1) is 22.0. The van der Waals surface area contributed by atoms with Gasteiger partial charge in [-0.05, 0) is 61.4 Å². The lowest BCUT2D eigenvalue weighted by Crippen LogP contribution is -2.32. The Hall–Kier alpha value is -3.80. The van der Waals surface area contributed by atoms with E-state index in [1.165, 1.54) is 0 Å². The van der Waals surface area contributed by atoms with Crippen LogP contribution in [0.25, 0.3) is 0 Å². The number of carbonyl (C=O) groups is 2. The number of hydrogen-bond acceptors (Lipinski definition) is 4. The Labute approximate surface area is 200 Å². The van der Waals surface area contributed by atoms with Crippen molar-refractivity contribution in [3.63, 3.8) is 0 Å². The molecule has 2 amide bonds. The van der Waals surface area contributed by atoms with Crippen molar-refractivity contribution < 1.29 is 9.59 Å². The first-order chi connectivity index (χ1) is 16.7. The van der Waals surface area contributed by atoms with E-state index in [0.29, 0.717) is 24.2 Å². The molecule has 5 rings (SSSR count). The minimum Gasteiger partial charge on any atom is -0.380 e. The second-order valence-electron chi connectivity index (χ2n) is 9.07. The van der Waals surface area contributed by atoms with Gasteiger partial charge in [-0.2, -0.15) is 0 Å². The predicted molar refractivity (Wildman–Crippen MR) is 135 cm³/mol. The molecule has 3 aromatic carbocycles. The average molecular weight is 455 g/mol. The SMILES string of the molecule is O=C(c1ccc(C(=O)N2CCC(Nc3ccccc3)C2)cc1)N1CCC(Nc2ccccc2)C1. The predicted octanol–water partition coefficient (Wildman–Crippen LogP) is 4.34. The first-order valence-corrected chi connectivity index (χ1v) is 12.0. The zero-order chi connectivity index (χ0) is 23.3. The van der Waals surface area contributed by atoms with E-state index in [-0.39, 0.29) is 23.9 Å². The molecule has 2 fully saturated rings. The molecule has 174 valence electrons. The normalized spacial score (nSPS) is 19.8. The minimum absolute atomic E-state index is 0.0182. The Balaban J connectivity index is 1.14. The Kier molecular flexibility index (Phi) is 6.47. The number of benzene rings is 3. The number of likely N-dealkylation sites (tertiary alicyclic amines) is 2. The van der Waals surface area contributed by atoms with Gasteiger partial charge in [0.15, 0.2) is 0 Å². The summed E-state index contributed by atoms with van der Waals surface area (Å²) in [4.78, 5) is 29.8. The summed E-state index contributed by atoms with van der Waals surface area (Å²) in [6, 6.07) is 27.8. The van der Waals surface area contributed by atoms with Crippen LogP contribution >= 0.6 is 0 Å². The zero-order valence-corrected chi connectivity index (χ0v) is 19.2. The van der Waals surface area contributed by atoms with Crippen LogP contribution in [0.15, 0.2) is 84.9 Å². The van der Waals surface area contributed by atoms with E-state index in [1.807, 2.05) is 70.5 Å². The molecule has 34 heavy (non-hydrogen) atoms. The van der Waals surface area contributed by atoms with Gasteiger partial charge in [-0.1, -0.05) is 36.4 Å². The minimum atomic E-state index is 0.0182. The van der Waals surface area contributed by atoms with Crippen molar-refractivity contribution in [1.82, 2.24) is 9.80 Å². The molecule has 0 aromatic heterocycles. The molecule has 6 heteroatoms. The van der Waals surface area contributed by atoms with Crippen LogP contribution in [0.1, 0.15) is 33.6 Å². The fourth-order valence-electron chi connectivity index (χ4n) is 4.79. The van der Waals surface area contributed by atoms with Crippen molar-refractivity contribution in [2.24, 2.45) is 0 Å². The third-order valence-corrected chi connectivity index (χ3v) is 6.62. The first-order valence-electron chi connectivity index (χ1n) is 12.0. The second-order valence-corrected chi connectivity index (χ2v) is 9.07. The van der Waals surface area contributed by atoms with E-state index in [2.05, 4.69) is 10.6 Å². The van der Waals surface area contributed by atoms with Gasteiger partial charge in [0.05, 0.1) is 0 Å². The van der Waals surface area contributed by atoms with Gasteiger partial charge in [-0.3, -0.25) is 9.59 Å². The maximum absolute atomic E-state index is 13.0. The third kappa shape index (κ3) is 5.06. The summed E-state index contributed by atoms with van der Waals surface area (Å²) in [7, 11) is 0. The lowest BCUT2D eigenvalue weighted by atomic mass is 10.1. The summed E-state index contributed by atoms with van der Waals surface area (Å²) >= 11 is 0. The highest BCUT2D eigenvalue weighted by Gasteiger charge is 2.29. The van der Waals surface area contributed by atoms with E-state index in [9.17, 15) is 9.59 Å². The van der Waals surface area contributed by atoms with Gasteiger partial charge < -0.3 is 20.4 Å². The maximum atomic E-state index is 13.0. The Morgan fingerprint density at radius 2 is 0.971 bits per heavy atom. The van der Waals surface area contributed by atoms with Crippen molar-refractivity contribution in [3.8, 4) is 0 Å². The Bertz CT molecular complexity index is 1030. The maximum Gasteiger partial charge on any atom is 0.253 e. The molecular formula is C28H30N4O2. The van der Waals surface area contributed by atoms with Gasteiger partial charge in [0.2, 0.25) is 0 Å². The highest BCUT2D eigenvalue weighted by molar-refractivity contribution is 5.98. The number of amides is 2. The van der Waals surface area contributed by atoms with Crippen LogP contribution in [-0.2, 0) is 0 Å². The molecule has 2 saturated heterocycles. The molecule has 2 aliphatic heterocycles. The van der Waals surface area contributed by atoms with Gasteiger partial charge in [0, 0.05) is 60.8 Å². The number of nitrogens with one attached hydrogen (secondary N) is 2. The topological polar surface area (TPSA) is 64.7 Å². The lowest BCUT2D eigenvalue weighted by Gasteiger charge is -2.19. The van der Waals surface area contributed by atoms with Crippen molar-refractivity contribution in [2.75, 3.05) is 36.8 Å². The van der Waals surface area contributed by atoms with Crippen molar-refractivity contribution >= 4 is 23.2 Å².